The zero-order valence-corrected chi connectivity index (χ0v) is 27.9. The maximum absolute atomic E-state index is 7.82. The Labute approximate surface area is 290 Å². The molecule has 0 unspecified atom stereocenters. The molecule has 1 aliphatic carbocycles. The van der Waals surface area contributed by atoms with Crippen molar-refractivity contribution in [2.75, 3.05) is 0 Å². The van der Waals surface area contributed by atoms with Gasteiger partial charge in [0.2, 0.25) is 0 Å². The van der Waals surface area contributed by atoms with Crippen LogP contribution in [-0.2, 0) is 5.41 Å². The van der Waals surface area contributed by atoms with Crippen molar-refractivity contribution in [2.45, 2.75) is 19.3 Å². The first-order chi connectivity index (χ1) is 24.4. The Morgan fingerprint density at radius 1 is 0.480 bits per heavy atom. The third-order valence-corrected chi connectivity index (χ3v) is 10.9. The van der Waals surface area contributed by atoms with Gasteiger partial charge >= 0.3 is 0 Å². The number of aromatic nitrogens is 2. The van der Waals surface area contributed by atoms with Crippen LogP contribution in [-0.4, -0.2) is 15.0 Å². The third kappa shape index (κ3) is 3.96. The molecule has 10 rings (SSSR count). The van der Waals surface area contributed by atoms with Gasteiger partial charge in [0.05, 0.1) is 22.1 Å². The van der Waals surface area contributed by atoms with Gasteiger partial charge in [-0.25, -0.2) is 0 Å². The minimum Gasteiger partial charge on any atom is -0.384 e. The zero-order valence-electron chi connectivity index (χ0n) is 27.9. The van der Waals surface area contributed by atoms with Crippen molar-refractivity contribution in [1.29, 1.82) is 5.41 Å². The van der Waals surface area contributed by atoms with E-state index in [1.54, 1.807) is 0 Å². The molecule has 2 aromatic heterocycles. The number of fused-ring (bicyclic) bond motifs is 9. The van der Waals surface area contributed by atoms with Gasteiger partial charge in [0.15, 0.2) is 0 Å². The average molecular weight is 643 g/mol. The van der Waals surface area contributed by atoms with Gasteiger partial charge < -0.3 is 14.9 Å². The number of hydrogen-bond acceptors (Lipinski definition) is 1. The molecule has 1 aliphatic rings. The van der Waals surface area contributed by atoms with E-state index in [9.17, 15) is 0 Å². The van der Waals surface area contributed by atoms with Crippen molar-refractivity contribution in [2.24, 2.45) is 5.73 Å². The van der Waals surface area contributed by atoms with Gasteiger partial charge in [-0.3, -0.25) is 5.41 Å². The zero-order chi connectivity index (χ0) is 33.7. The van der Waals surface area contributed by atoms with Crippen molar-refractivity contribution in [1.82, 2.24) is 9.13 Å². The van der Waals surface area contributed by atoms with Crippen molar-refractivity contribution < 1.29 is 0 Å². The molecule has 238 valence electrons. The van der Waals surface area contributed by atoms with Gasteiger partial charge in [-0.1, -0.05) is 92.7 Å². The van der Waals surface area contributed by atoms with E-state index in [2.05, 4.69) is 150 Å². The molecule has 50 heavy (non-hydrogen) atoms. The summed E-state index contributed by atoms with van der Waals surface area (Å²) < 4.78 is 4.73. The Morgan fingerprint density at radius 3 is 1.60 bits per heavy atom. The maximum atomic E-state index is 7.82. The van der Waals surface area contributed by atoms with Crippen LogP contribution in [0.25, 0.3) is 77.2 Å². The minimum absolute atomic E-state index is 0.0619. The number of hydrogen-bond donors (Lipinski definition) is 2. The molecule has 3 N–H and O–H groups in total. The quantitative estimate of drug-likeness (QED) is 0.146. The fourth-order valence-electron chi connectivity index (χ4n) is 8.48. The Morgan fingerprint density at radius 2 is 0.980 bits per heavy atom. The lowest BCUT2D eigenvalue weighted by atomic mass is 9.82. The Hall–Kier alpha value is -6.39. The molecule has 4 nitrogen and oxygen atoms in total. The van der Waals surface area contributed by atoms with Crippen LogP contribution in [0.15, 0.2) is 152 Å². The Bertz CT molecular complexity index is 2860. The SMILES string of the molecule is CC1(C)c2ccccc2-c2ccc(-n3c4ccccc4c4cc(-c5ccc6c(c5)c5ccccc5n6-c5ccc(C(=N)N)cc5)ccc43)cc21. The van der Waals surface area contributed by atoms with Crippen molar-refractivity contribution in [3.05, 3.63) is 168 Å². The number of nitrogens with one attached hydrogen (secondary N) is 1. The second kappa shape index (κ2) is 10.3. The van der Waals surface area contributed by atoms with E-state index < -0.39 is 0 Å². The van der Waals surface area contributed by atoms with Crippen molar-refractivity contribution in [3.63, 3.8) is 0 Å². The largest absolute Gasteiger partial charge is 0.384 e. The monoisotopic (exact) mass is 642 g/mol. The smallest absolute Gasteiger partial charge is 0.122 e. The van der Waals surface area contributed by atoms with Crippen LogP contribution in [0.4, 0.5) is 0 Å². The molecule has 0 spiro atoms. The van der Waals surface area contributed by atoms with E-state index >= 15 is 0 Å². The maximum Gasteiger partial charge on any atom is 0.122 e. The summed E-state index contributed by atoms with van der Waals surface area (Å²) in [6, 6.07) is 54.9. The van der Waals surface area contributed by atoms with Crippen LogP contribution in [0.5, 0.6) is 0 Å². The van der Waals surface area contributed by atoms with Crippen LogP contribution < -0.4 is 5.73 Å². The van der Waals surface area contributed by atoms with E-state index in [-0.39, 0.29) is 11.3 Å². The van der Waals surface area contributed by atoms with Crippen LogP contribution in [0.2, 0.25) is 0 Å². The average Bonchev–Trinajstić information content (AvgIpc) is 3.74. The molecule has 0 aliphatic heterocycles. The molecule has 4 heteroatoms. The lowest BCUT2D eigenvalue weighted by Crippen LogP contribution is -2.15. The summed E-state index contributed by atoms with van der Waals surface area (Å²) in [6.45, 7) is 4.69. The molecule has 0 bridgehead atoms. The first-order valence-electron chi connectivity index (χ1n) is 17.1. The van der Waals surface area contributed by atoms with Crippen LogP contribution in [0.3, 0.4) is 0 Å². The summed E-state index contributed by atoms with van der Waals surface area (Å²) in [6.07, 6.45) is 0. The summed E-state index contributed by atoms with van der Waals surface area (Å²) in [5.41, 5.74) is 21.2. The second-order valence-corrected chi connectivity index (χ2v) is 14.0. The standard InChI is InChI=1S/C46H34N4/c1-46(2)39-12-6-3-9-33(39)34-22-21-32(27-40(34)46)50-42-14-8-5-11-36(42)38-26-30(18-24-44(38)50)29-17-23-43-37(25-29)35-10-4-7-13-41(35)49(43)31-19-15-28(16-20-31)45(47)48/h3-27H,1-2H3,(H3,47,48). The second-order valence-electron chi connectivity index (χ2n) is 14.0. The molecular weight excluding hydrogens is 609 g/mol. The summed E-state index contributed by atoms with van der Waals surface area (Å²) in [7, 11) is 0. The predicted octanol–water partition coefficient (Wildman–Crippen LogP) is 11.1. The Kier molecular flexibility index (Phi) is 5.90. The van der Waals surface area contributed by atoms with E-state index in [0.29, 0.717) is 0 Å². The molecule has 0 radical (unpaired) electrons. The first kappa shape index (κ1) is 28.6. The summed E-state index contributed by atoms with van der Waals surface area (Å²) in [5.74, 6) is 0.0747. The topological polar surface area (TPSA) is 59.7 Å². The molecule has 0 fully saturated rings. The molecule has 0 atom stereocenters. The number of benzene rings is 7. The first-order valence-corrected chi connectivity index (χ1v) is 17.1. The van der Waals surface area contributed by atoms with Gasteiger partial charge in [-0.2, -0.15) is 0 Å². The number of amidine groups is 1. The van der Waals surface area contributed by atoms with Gasteiger partial charge in [-0.15, -0.1) is 0 Å². The molecular formula is C46H34N4. The predicted molar refractivity (Wildman–Crippen MR) is 209 cm³/mol. The highest BCUT2D eigenvalue weighted by Crippen LogP contribution is 2.49. The van der Waals surface area contributed by atoms with E-state index in [0.717, 1.165) is 22.3 Å². The van der Waals surface area contributed by atoms with Crippen molar-refractivity contribution in [3.8, 4) is 33.6 Å². The van der Waals surface area contributed by atoms with Gasteiger partial charge in [0, 0.05) is 43.9 Å². The summed E-state index contributed by atoms with van der Waals surface area (Å²) in [5, 5.41) is 12.7. The van der Waals surface area contributed by atoms with Gasteiger partial charge in [0.1, 0.15) is 5.84 Å². The van der Waals surface area contributed by atoms with Gasteiger partial charge in [0.25, 0.3) is 0 Å². The minimum atomic E-state index is -0.0619. The number of nitrogens with zero attached hydrogens (tertiary/aromatic N) is 2. The number of nitrogen functional groups attached to an aromatic ring is 1. The van der Waals surface area contributed by atoms with Crippen LogP contribution in [0, 0.1) is 5.41 Å². The molecule has 7 aromatic carbocycles. The van der Waals surface area contributed by atoms with E-state index in [4.69, 9.17) is 11.1 Å². The third-order valence-electron chi connectivity index (χ3n) is 10.9. The van der Waals surface area contributed by atoms with E-state index in [1.807, 2.05) is 24.3 Å². The van der Waals surface area contributed by atoms with Crippen LogP contribution >= 0.6 is 0 Å². The molecule has 0 saturated carbocycles. The highest BCUT2D eigenvalue weighted by atomic mass is 15.0. The number of rotatable bonds is 4. The molecule has 9 aromatic rings. The van der Waals surface area contributed by atoms with Gasteiger partial charge in [-0.05, 0) is 106 Å². The fraction of sp³-hybridized carbons (Fsp3) is 0.0652. The molecule has 0 saturated heterocycles. The molecule has 0 amide bonds. The number of para-hydroxylation sites is 2. The molecule has 2 heterocycles. The Balaban J connectivity index is 1.13. The van der Waals surface area contributed by atoms with Crippen molar-refractivity contribution >= 4 is 49.4 Å². The lowest BCUT2D eigenvalue weighted by Gasteiger charge is -2.22. The normalized spacial score (nSPS) is 13.3. The number of nitrogens with two attached hydrogens (primary N) is 1. The van der Waals surface area contributed by atoms with Crippen LogP contribution in [0.1, 0.15) is 30.5 Å². The fourth-order valence-corrected chi connectivity index (χ4v) is 8.48. The highest BCUT2D eigenvalue weighted by molar-refractivity contribution is 6.12. The summed E-state index contributed by atoms with van der Waals surface area (Å²) >= 11 is 0. The summed E-state index contributed by atoms with van der Waals surface area (Å²) in [4.78, 5) is 0. The lowest BCUT2D eigenvalue weighted by molar-refractivity contribution is 0.660. The van der Waals surface area contributed by atoms with E-state index in [1.165, 1.54) is 71.6 Å². The highest BCUT2D eigenvalue weighted by Gasteiger charge is 2.35.